The Labute approximate surface area is 189 Å². The van der Waals surface area contributed by atoms with Crippen molar-refractivity contribution in [1.29, 1.82) is 0 Å². The zero-order chi connectivity index (χ0) is 24.8. The fraction of sp³-hybridized carbons (Fsp3) is 0.364. The van der Waals surface area contributed by atoms with Crippen molar-refractivity contribution < 1.29 is 25.9 Å². The van der Waals surface area contributed by atoms with Crippen molar-refractivity contribution in [3.8, 4) is 0 Å². The highest BCUT2D eigenvalue weighted by Crippen LogP contribution is 2.34. The molecule has 0 atom stereocenters. The molecule has 10 heteroatoms. The monoisotopic (exact) mass is 480 g/mol. The van der Waals surface area contributed by atoms with Crippen LogP contribution >= 0.6 is 0 Å². The molecule has 174 valence electrons. The number of benzene rings is 2. The van der Waals surface area contributed by atoms with Crippen molar-refractivity contribution >= 4 is 43.0 Å². The molecule has 0 fully saturated rings. The standard InChI is InChI=1S/C22H28N2O6S2/c1-11-9-13(3)21(31(25,26)27)15(5)19(11)23-17(7)18(8)24-20-12(2)10-14(4)22(16(20)6)32(28,29)30/h9-10H,1-8H3,(H,25,26,27)(H,28,29,30). The van der Waals surface area contributed by atoms with Crippen LogP contribution in [0.4, 0.5) is 11.4 Å². The van der Waals surface area contributed by atoms with E-state index in [4.69, 9.17) is 0 Å². The lowest BCUT2D eigenvalue weighted by molar-refractivity contribution is 0.479. The molecule has 2 N–H and O–H groups in total. The van der Waals surface area contributed by atoms with Gasteiger partial charge in [0, 0.05) is 0 Å². The zero-order valence-electron chi connectivity index (χ0n) is 19.4. The Hall–Kier alpha value is -2.40. The maximum atomic E-state index is 11.8. The van der Waals surface area contributed by atoms with Crippen molar-refractivity contribution in [3.63, 3.8) is 0 Å². The second kappa shape index (κ2) is 8.86. The third-order valence-electron chi connectivity index (χ3n) is 5.32. The summed E-state index contributed by atoms with van der Waals surface area (Å²) >= 11 is 0. The van der Waals surface area contributed by atoms with Gasteiger partial charge in [-0.3, -0.25) is 19.1 Å². The van der Waals surface area contributed by atoms with Gasteiger partial charge in [0.15, 0.2) is 0 Å². The number of hydrogen-bond acceptors (Lipinski definition) is 6. The lowest BCUT2D eigenvalue weighted by Gasteiger charge is -2.15. The van der Waals surface area contributed by atoms with Crippen molar-refractivity contribution in [2.75, 3.05) is 0 Å². The number of rotatable bonds is 5. The molecule has 0 unspecified atom stereocenters. The molecule has 0 spiro atoms. The van der Waals surface area contributed by atoms with Crippen molar-refractivity contribution in [1.82, 2.24) is 0 Å². The largest absolute Gasteiger partial charge is 0.295 e. The summed E-state index contributed by atoms with van der Waals surface area (Å²) in [7, 11) is -8.84. The van der Waals surface area contributed by atoms with Crippen LogP contribution < -0.4 is 0 Å². The molecular weight excluding hydrogens is 452 g/mol. The number of aliphatic imine (C=N–C) groups is 2. The summed E-state index contributed by atoms with van der Waals surface area (Å²) in [5, 5.41) is 0. The molecule has 0 radical (unpaired) electrons. The number of aryl methyl sites for hydroxylation is 4. The lowest BCUT2D eigenvalue weighted by Crippen LogP contribution is -2.09. The van der Waals surface area contributed by atoms with E-state index in [-0.39, 0.29) is 9.79 Å². The molecule has 0 aromatic heterocycles. The first kappa shape index (κ1) is 25.9. The lowest BCUT2D eigenvalue weighted by atomic mass is 10.0. The highest BCUT2D eigenvalue weighted by Gasteiger charge is 2.22. The summed E-state index contributed by atoms with van der Waals surface area (Å²) in [4.78, 5) is 8.77. The Kier molecular flexibility index (Phi) is 7.16. The molecule has 0 amide bonds. The van der Waals surface area contributed by atoms with Gasteiger partial charge in [-0.05, 0) is 88.8 Å². The van der Waals surface area contributed by atoms with Crippen molar-refractivity contribution in [2.45, 2.75) is 65.2 Å². The Bertz CT molecular complexity index is 1280. The van der Waals surface area contributed by atoms with Crippen LogP contribution in [0.1, 0.15) is 47.2 Å². The molecule has 0 aliphatic rings. The van der Waals surface area contributed by atoms with Gasteiger partial charge < -0.3 is 0 Å². The van der Waals surface area contributed by atoms with Crippen LogP contribution in [0.3, 0.4) is 0 Å². The molecule has 0 aliphatic carbocycles. The first-order chi connectivity index (χ1) is 14.5. The second-order valence-electron chi connectivity index (χ2n) is 7.97. The second-order valence-corrected chi connectivity index (χ2v) is 10.7. The third kappa shape index (κ3) is 5.15. The van der Waals surface area contributed by atoms with Crippen molar-refractivity contribution in [2.24, 2.45) is 9.98 Å². The Balaban J connectivity index is 2.71. The Morgan fingerprint density at radius 2 is 0.906 bits per heavy atom. The maximum absolute atomic E-state index is 11.8. The fourth-order valence-electron chi connectivity index (χ4n) is 3.95. The molecule has 2 aromatic rings. The van der Waals surface area contributed by atoms with Gasteiger partial charge in [0.2, 0.25) is 0 Å². The molecule has 0 saturated heterocycles. The van der Waals surface area contributed by atoms with Gasteiger partial charge in [-0.1, -0.05) is 12.1 Å². The average molecular weight is 481 g/mol. The highest BCUT2D eigenvalue weighted by atomic mass is 32.2. The molecule has 0 saturated carbocycles. The average Bonchev–Trinajstić information content (AvgIpc) is 2.58. The van der Waals surface area contributed by atoms with Crippen LogP contribution in [0.2, 0.25) is 0 Å². The van der Waals surface area contributed by atoms with Crippen LogP contribution in [0, 0.1) is 41.5 Å². The van der Waals surface area contributed by atoms with E-state index in [9.17, 15) is 25.9 Å². The molecule has 0 heterocycles. The van der Waals surface area contributed by atoms with Gasteiger partial charge in [-0.2, -0.15) is 16.8 Å². The van der Waals surface area contributed by atoms with Crippen LogP contribution in [-0.4, -0.2) is 37.4 Å². The summed E-state index contributed by atoms with van der Waals surface area (Å²) in [5.74, 6) is 0. The van der Waals surface area contributed by atoms with E-state index in [0.29, 0.717) is 45.1 Å². The molecule has 0 aliphatic heterocycles. The van der Waals surface area contributed by atoms with Gasteiger partial charge in [0.25, 0.3) is 20.2 Å². The normalized spacial score (nSPS) is 13.6. The molecular formula is C22H28N2O6S2. The van der Waals surface area contributed by atoms with E-state index < -0.39 is 20.2 Å². The van der Waals surface area contributed by atoms with Gasteiger partial charge in [-0.15, -0.1) is 0 Å². The maximum Gasteiger partial charge on any atom is 0.295 e. The number of hydrogen-bond donors (Lipinski definition) is 2. The zero-order valence-corrected chi connectivity index (χ0v) is 21.0. The van der Waals surface area contributed by atoms with E-state index >= 15 is 0 Å². The van der Waals surface area contributed by atoms with Crippen molar-refractivity contribution in [3.05, 3.63) is 45.5 Å². The molecule has 0 bridgehead atoms. The van der Waals surface area contributed by atoms with E-state index in [1.54, 1.807) is 67.5 Å². The predicted molar refractivity (Wildman–Crippen MR) is 126 cm³/mol. The molecule has 2 rings (SSSR count). The Morgan fingerprint density at radius 1 is 0.625 bits per heavy atom. The first-order valence-corrected chi connectivity index (χ1v) is 12.6. The van der Waals surface area contributed by atoms with E-state index in [1.165, 1.54) is 0 Å². The molecule has 8 nitrogen and oxygen atoms in total. The van der Waals surface area contributed by atoms with Gasteiger partial charge in [-0.25, -0.2) is 0 Å². The minimum Gasteiger partial charge on any atom is -0.282 e. The van der Waals surface area contributed by atoms with Gasteiger partial charge >= 0.3 is 0 Å². The fourth-order valence-corrected chi connectivity index (χ4v) is 5.85. The quantitative estimate of drug-likeness (QED) is 0.461. The predicted octanol–water partition coefficient (Wildman–Crippen LogP) is 4.92. The highest BCUT2D eigenvalue weighted by molar-refractivity contribution is 7.86. The van der Waals surface area contributed by atoms with Gasteiger partial charge in [0.1, 0.15) is 9.79 Å². The van der Waals surface area contributed by atoms with Crippen LogP contribution in [-0.2, 0) is 20.2 Å². The minimum absolute atomic E-state index is 0.174. The SMILES string of the molecule is CC(=Nc1c(C)cc(C)c(S(=O)(=O)O)c1C)C(C)=Nc1c(C)cc(C)c(S(=O)(=O)O)c1C. The summed E-state index contributed by atoms with van der Waals surface area (Å²) < 4.78 is 66.5. The van der Waals surface area contributed by atoms with Crippen LogP contribution in [0.15, 0.2) is 31.9 Å². The summed E-state index contributed by atoms with van der Waals surface area (Å²) in [6.07, 6.45) is 0. The third-order valence-corrected chi connectivity index (χ3v) is 7.61. The van der Waals surface area contributed by atoms with Crippen LogP contribution in [0.25, 0.3) is 0 Å². The molecule has 2 aromatic carbocycles. The van der Waals surface area contributed by atoms with Gasteiger partial charge in [0.05, 0.1) is 22.8 Å². The van der Waals surface area contributed by atoms with E-state index in [2.05, 4.69) is 9.98 Å². The summed E-state index contributed by atoms with van der Waals surface area (Å²) in [6, 6.07) is 3.28. The van der Waals surface area contributed by atoms with E-state index in [0.717, 1.165) is 11.1 Å². The Morgan fingerprint density at radius 3 is 1.16 bits per heavy atom. The molecule has 32 heavy (non-hydrogen) atoms. The van der Waals surface area contributed by atoms with Crippen LogP contribution in [0.5, 0.6) is 0 Å². The summed E-state index contributed by atoms with van der Waals surface area (Å²) in [5.41, 5.74) is 4.75. The minimum atomic E-state index is -4.42. The van der Waals surface area contributed by atoms with E-state index in [1.807, 2.05) is 0 Å². The number of nitrogens with zero attached hydrogens (tertiary/aromatic N) is 2. The first-order valence-electron chi connectivity index (χ1n) is 9.74. The summed E-state index contributed by atoms with van der Waals surface area (Å²) in [6.45, 7) is 13.3. The topological polar surface area (TPSA) is 133 Å². The smallest absolute Gasteiger partial charge is 0.282 e.